The monoisotopic (exact) mass is 240 g/mol. The summed E-state index contributed by atoms with van der Waals surface area (Å²) in [5, 5.41) is 10.3. The van der Waals surface area contributed by atoms with Gasteiger partial charge in [-0.3, -0.25) is 0 Å². The van der Waals surface area contributed by atoms with Crippen molar-refractivity contribution in [2.24, 2.45) is 22.7 Å². The Hall–Kier alpha value is -0.0400. The third-order valence-electron chi connectivity index (χ3n) is 4.34. The molecule has 1 heteroatoms. The number of rotatable bonds is 2. The van der Waals surface area contributed by atoms with E-state index in [1.165, 1.54) is 25.7 Å². The lowest BCUT2D eigenvalue weighted by atomic mass is 9.67. The normalized spacial score (nSPS) is 31.6. The lowest BCUT2D eigenvalue weighted by Crippen LogP contribution is -2.37. The Morgan fingerprint density at radius 3 is 2.00 bits per heavy atom. The lowest BCUT2D eigenvalue weighted by Gasteiger charge is -2.41. The van der Waals surface area contributed by atoms with Gasteiger partial charge in [-0.25, -0.2) is 0 Å². The summed E-state index contributed by atoms with van der Waals surface area (Å²) in [7, 11) is 0. The van der Waals surface area contributed by atoms with E-state index in [1.807, 2.05) is 0 Å². The molecule has 1 N–H and O–H groups in total. The number of aliphatic hydroxyl groups excluding tert-OH is 1. The molecule has 102 valence electrons. The van der Waals surface area contributed by atoms with Crippen molar-refractivity contribution in [3.8, 4) is 0 Å². The molecule has 0 aromatic rings. The molecule has 0 spiro atoms. The van der Waals surface area contributed by atoms with Gasteiger partial charge in [0.05, 0.1) is 6.10 Å². The SMILES string of the molecule is CC(C)(C)CCC1CCC(C(C)(C)C)C(O)C1. The highest BCUT2D eigenvalue weighted by Gasteiger charge is 2.36. The van der Waals surface area contributed by atoms with E-state index in [0.29, 0.717) is 11.3 Å². The van der Waals surface area contributed by atoms with E-state index in [1.54, 1.807) is 0 Å². The maximum absolute atomic E-state index is 10.3. The van der Waals surface area contributed by atoms with Crippen molar-refractivity contribution in [1.29, 1.82) is 0 Å². The smallest absolute Gasteiger partial charge is 0.0576 e. The van der Waals surface area contributed by atoms with Gasteiger partial charge in [-0.15, -0.1) is 0 Å². The Morgan fingerprint density at radius 1 is 1.00 bits per heavy atom. The molecule has 1 aliphatic rings. The molecule has 0 aromatic heterocycles. The van der Waals surface area contributed by atoms with Crippen LogP contribution in [0.25, 0.3) is 0 Å². The summed E-state index contributed by atoms with van der Waals surface area (Å²) in [5.41, 5.74) is 0.695. The molecule has 1 aliphatic carbocycles. The first-order valence-corrected chi connectivity index (χ1v) is 7.28. The molecule has 0 radical (unpaired) electrons. The minimum atomic E-state index is -0.0753. The van der Waals surface area contributed by atoms with E-state index in [-0.39, 0.29) is 11.5 Å². The maximum atomic E-state index is 10.3. The van der Waals surface area contributed by atoms with Crippen molar-refractivity contribution >= 4 is 0 Å². The quantitative estimate of drug-likeness (QED) is 0.745. The van der Waals surface area contributed by atoms with Crippen LogP contribution in [0.4, 0.5) is 0 Å². The van der Waals surface area contributed by atoms with Gasteiger partial charge in [0.25, 0.3) is 0 Å². The summed E-state index contributed by atoms with van der Waals surface area (Å²) in [6, 6.07) is 0. The molecule has 1 saturated carbocycles. The van der Waals surface area contributed by atoms with Crippen molar-refractivity contribution in [1.82, 2.24) is 0 Å². The van der Waals surface area contributed by atoms with Crippen LogP contribution in [0.1, 0.15) is 73.6 Å². The van der Waals surface area contributed by atoms with Gasteiger partial charge >= 0.3 is 0 Å². The molecule has 1 nitrogen and oxygen atoms in total. The van der Waals surface area contributed by atoms with Gasteiger partial charge < -0.3 is 5.11 Å². The molecule has 0 heterocycles. The van der Waals surface area contributed by atoms with Crippen LogP contribution in [0.5, 0.6) is 0 Å². The highest BCUT2D eigenvalue weighted by atomic mass is 16.3. The second kappa shape index (κ2) is 5.30. The zero-order chi connectivity index (χ0) is 13.3. The first kappa shape index (κ1) is 15.0. The van der Waals surface area contributed by atoms with Crippen LogP contribution >= 0.6 is 0 Å². The van der Waals surface area contributed by atoms with E-state index in [0.717, 1.165) is 12.3 Å². The molecule has 0 amide bonds. The van der Waals surface area contributed by atoms with E-state index in [2.05, 4.69) is 41.5 Å². The molecule has 17 heavy (non-hydrogen) atoms. The topological polar surface area (TPSA) is 20.2 Å². The molecule has 0 aromatic carbocycles. The molecule has 0 bridgehead atoms. The zero-order valence-electron chi connectivity index (χ0n) is 12.7. The predicted molar refractivity (Wildman–Crippen MR) is 75.0 cm³/mol. The van der Waals surface area contributed by atoms with Crippen LogP contribution in [-0.4, -0.2) is 11.2 Å². The standard InChI is InChI=1S/C16H32O/c1-15(2,3)10-9-12-7-8-13(14(17)11-12)16(4,5)6/h12-14,17H,7-11H2,1-6H3. The second-order valence-corrected chi connectivity index (χ2v) is 8.32. The van der Waals surface area contributed by atoms with Crippen LogP contribution < -0.4 is 0 Å². The van der Waals surface area contributed by atoms with Crippen molar-refractivity contribution < 1.29 is 5.11 Å². The number of hydrogen-bond donors (Lipinski definition) is 1. The van der Waals surface area contributed by atoms with Crippen LogP contribution in [0.2, 0.25) is 0 Å². The summed E-state index contributed by atoms with van der Waals surface area (Å²) in [5.74, 6) is 1.25. The third-order valence-corrected chi connectivity index (χ3v) is 4.34. The molecule has 0 saturated heterocycles. The van der Waals surface area contributed by atoms with E-state index < -0.39 is 0 Å². The summed E-state index contributed by atoms with van der Waals surface area (Å²) < 4.78 is 0. The lowest BCUT2D eigenvalue weighted by molar-refractivity contribution is -0.0116. The molecule has 3 atom stereocenters. The van der Waals surface area contributed by atoms with Crippen molar-refractivity contribution in [2.45, 2.75) is 79.8 Å². The maximum Gasteiger partial charge on any atom is 0.0576 e. The molecule has 3 unspecified atom stereocenters. The van der Waals surface area contributed by atoms with E-state index >= 15 is 0 Å². The average Bonchev–Trinajstić information content (AvgIpc) is 2.11. The fraction of sp³-hybridized carbons (Fsp3) is 1.00. The number of aliphatic hydroxyl groups is 1. The molecule has 1 fully saturated rings. The van der Waals surface area contributed by atoms with E-state index in [9.17, 15) is 5.11 Å². The fourth-order valence-electron chi connectivity index (χ4n) is 3.14. The van der Waals surface area contributed by atoms with Gasteiger partial charge in [-0.2, -0.15) is 0 Å². The van der Waals surface area contributed by atoms with Gasteiger partial charge in [0.2, 0.25) is 0 Å². The van der Waals surface area contributed by atoms with Crippen LogP contribution in [0.3, 0.4) is 0 Å². The van der Waals surface area contributed by atoms with Gasteiger partial charge in [0, 0.05) is 0 Å². The summed E-state index contributed by atoms with van der Waals surface area (Å²) in [4.78, 5) is 0. The highest BCUT2D eigenvalue weighted by Crippen LogP contribution is 2.42. The minimum Gasteiger partial charge on any atom is -0.393 e. The average molecular weight is 240 g/mol. The van der Waals surface area contributed by atoms with Crippen LogP contribution in [0.15, 0.2) is 0 Å². The van der Waals surface area contributed by atoms with Gasteiger partial charge in [0.1, 0.15) is 0 Å². The van der Waals surface area contributed by atoms with Crippen molar-refractivity contribution in [2.75, 3.05) is 0 Å². The fourth-order valence-corrected chi connectivity index (χ4v) is 3.14. The number of hydrogen-bond acceptors (Lipinski definition) is 1. The van der Waals surface area contributed by atoms with Gasteiger partial charge in [0.15, 0.2) is 0 Å². The van der Waals surface area contributed by atoms with Gasteiger partial charge in [-0.1, -0.05) is 41.5 Å². The molecule has 1 rings (SSSR count). The third kappa shape index (κ3) is 4.99. The summed E-state index contributed by atoms with van der Waals surface area (Å²) in [6.45, 7) is 13.7. The first-order valence-electron chi connectivity index (χ1n) is 7.28. The van der Waals surface area contributed by atoms with Crippen LogP contribution in [-0.2, 0) is 0 Å². The highest BCUT2D eigenvalue weighted by molar-refractivity contribution is 4.87. The summed E-state index contributed by atoms with van der Waals surface area (Å²) >= 11 is 0. The largest absolute Gasteiger partial charge is 0.393 e. The predicted octanol–water partition coefficient (Wildman–Crippen LogP) is 4.64. The Bertz CT molecular complexity index is 231. The zero-order valence-corrected chi connectivity index (χ0v) is 12.7. The Balaban J connectivity index is 2.42. The second-order valence-electron chi connectivity index (χ2n) is 8.32. The van der Waals surface area contributed by atoms with Crippen LogP contribution in [0, 0.1) is 22.7 Å². The Labute approximate surface area is 108 Å². The summed E-state index contributed by atoms with van der Waals surface area (Å²) in [6.07, 6.45) is 6.04. The first-order chi connectivity index (χ1) is 7.59. The van der Waals surface area contributed by atoms with Crippen molar-refractivity contribution in [3.05, 3.63) is 0 Å². The van der Waals surface area contributed by atoms with E-state index in [4.69, 9.17) is 0 Å². The molecule has 0 aliphatic heterocycles. The Morgan fingerprint density at radius 2 is 1.59 bits per heavy atom. The Kier molecular flexibility index (Phi) is 4.68. The van der Waals surface area contributed by atoms with Gasteiger partial charge in [-0.05, 0) is 54.8 Å². The minimum absolute atomic E-state index is 0.0753. The molecular formula is C16H32O. The van der Waals surface area contributed by atoms with Crippen molar-refractivity contribution in [3.63, 3.8) is 0 Å². The molecular weight excluding hydrogens is 208 g/mol.